The number of halogens is 2. The Labute approximate surface area is 239 Å². The summed E-state index contributed by atoms with van der Waals surface area (Å²) in [5, 5.41) is 0. The maximum atomic E-state index is 3.73. The lowest BCUT2D eigenvalue weighted by Gasteiger charge is -2.08. The van der Waals surface area contributed by atoms with E-state index in [1.807, 2.05) is 23.5 Å². The topological polar surface area (TPSA) is 0 Å². The lowest BCUT2D eigenvalue weighted by molar-refractivity contribution is 0.707. The van der Waals surface area contributed by atoms with Crippen LogP contribution in [0.5, 0.6) is 0 Å². The standard InChI is InChI=1S/C28H32Br2S4/c1-3-5-7-9-15-31-27-28(32-16-10-8-6-4-2)34-26(33-27)25-23-17-19(29)11-13-21(23)22-14-12-20(30)18-24(22)25/h11-14,17-18H,3-10,15-16H2,1-2H3. The van der Waals surface area contributed by atoms with Crippen molar-refractivity contribution in [3.63, 3.8) is 0 Å². The number of hydrogen-bond acceptors (Lipinski definition) is 4. The molecule has 34 heavy (non-hydrogen) atoms. The normalized spacial score (nSPS) is 14.8. The van der Waals surface area contributed by atoms with E-state index in [4.69, 9.17) is 0 Å². The van der Waals surface area contributed by atoms with Crippen molar-refractivity contribution < 1.29 is 0 Å². The van der Waals surface area contributed by atoms with Crippen molar-refractivity contribution >= 4 is 84.5 Å². The first-order valence-electron chi connectivity index (χ1n) is 12.3. The molecule has 0 nitrogen and oxygen atoms in total. The molecule has 0 saturated heterocycles. The Hall–Kier alpha value is 0.280. The smallest absolute Gasteiger partial charge is 0.0660 e. The van der Waals surface area contributed by atoms with Gasteiger partial charge in [0.15, 0.2) is 0 Å². The average molecular weight is 657 g/mol. The number of unbranched alkanes of at least 4 members (excludes halogenated alkanes) is 6. The summed E-state index contributed by atoms with van der Waals surface area (Å²) in [5.74, 6) is 2.46. The second-order valence-corrected chi connectivity index (χ2v) is 15.5. The van der Waals surface area contributed by atoms with E-state index < -0.39 is 0 Å². The number of thioether (sulfide) groups is 4. The van der Waals surface area contributed by atoms with Gasteiger partial charge in [-0.05, 0) is 70.9 Å². The van der Waals surface area contributed by atoms with Crippen LogP contribution in [-0.4, -0.2) is 11.5 Å². The molecule has 2 aromatic carbocycles. The fourth-order valence-corrected chi connectivity index (χ4v) is 11.1. The summed E-state index contributed by atoms with van der Waals surface area (Å²) in [7, 11) is 0. The van der Waals surface area contributed by atoms with Crippen molar-refractivity contribution in [1.29, 1.82) is 0 Å². The van der Waals surface area contributed by atoms with Crippen LogP contribution in [0.1, 0.15) is 76.3 Å². The van der Waals surface area contributed by atoms with Gasteiger partial charge in [0.2, 0.25) is 0 Å². The lowest BCUT2D eigenvalue weighted by atomic mass is 10.1. The second kappa shape index (κ2) is 13.7. The van der Waals surface area contributed by atoms with Crippen molar-refractivity contribution in [2.24, 2.45) is 0 Å². The second-order valence-electron chi connectivity index (χ2n) is 8.64. The third-order valence-electron chi connectivity index (χ3n) is 6.00. The Morgan fingerprint density at radius 1 is 0.618 bits per heavy atom. The van der Waals surface area contributed by atoms with Crippen LogP contribution in [0.25, 0.3) is 16.7 Å². The molecular formula is C28H32Br2S4. The van der Waals surface area contributed by atoms with E-state index in [9.17, 15) is 0 Å². The van der Waals surface area contributed by atoms with Crippen LogP contribution in [0.3, 0.4) is 0 Å². The molecule has 4 rings (SSSR count). The summed E-state index contributed by atoms with van der Waals surface area (Å²) < 4.78 is 6.80. The molecule has 0 amide bonds. The molecule has 1 aliphatic heterocycles. The van der Waals surface area contributed by atoms with Gasteiger partial charge in [-0.3, -0.25) is 0 Å². The Morgan fingerprint density at radius 2 is 1.09 bits per heavy atom. The molecule has 6 heteroatoms. The van der Waals surface area contributed by atoms with Gasteiger partial charge in [0.1, 0.15) is 0 Å². The molecule has 1 aliphatic carbocycles. The van der Waals surface area contributed by atoms with Gasteiger partial charge in [-0.25, -0.2) is 0 Å². The first-order valence-corrected chi connectivity index (χ1v) is 17.5. The summed E-state index contributed by atoms with van der Waals surface area (Å²) in [4.78, 5) is 0. The zero-order valence-corrected chi connectivity index (χ0v) is 26.4. The van der Waals surface area contributed by atoms with Crippen molar-refractivity contribution in [3.05, 3.63) is 69.2 Å². The van der Waals surface area contributed by atoms with Crippen LogP contribution in [0.15, 0.2) is 58.1 Å². The highest BCUT2D eigenvalue weighted by Gasteiger charge is 2.31. The Morgan fingerprint density at radius 3 is 1.53 bits per heavy atom. The zero-order valence-electron chi connectivity index (χ0n) is 19.9. The summed E-state index contributed by atoms with van der Waals surface area (Å²) >= 11 is 15.7. The van der Waals surface area contributed by atoms with Gasteiger partial charge in [-0.2, -0.15) is 0 Å². The van der Waals surface area contributed by atoms with Crippen LogP contribution < -0.4 is 0 Å². The lowest BCUT2D eigenvalue weighted by Crippen LogP contribution is -1.84. The molecular weight excluding hydrogens is 624 g/mol. The summed E-state index contributed by atoms with van der Waals surface area (Å²) in [6.45, 7) is 4.58. The Kier molecular flexibility index (Phi) is 11.0. The van der Waals surface area contributed by atoms with Crippen LogP contribution in [0, 0.1) is 0 Å². The molecule has 0 atom stereocenters. The van der Waals surface area contributed by atoms with Crippen LogP contribution in [0.2, 0.25) is 0 Å². The van der Waals surface area contributed by atoms with Gasteiger partial charge in [-0.15, -0.1) is 23.5 Å². The zero-order chi connectivity index (χ0) is 23.9. The van der Waals surface area contributed by atoms with E-state index in [0.29, 0.717) is 0 Å². The van der Waals surface area contributed by atoms with Crippen molar-refractivity contribution in [2.45, 2.75) is 65.2 Å². The Bertz CT molecular complexity index is 993. The number of benzene rings is 2. The van der Waals surface area contributed by atoms with Crippen molar-refractivity contribution in [1.82, 2.24) is 0 Å². The van der Waals surface area contributed by atoms with E-state index in [1.165, 1.54) is 103 Å². The highest BCUT2D eigenvalue weighted by molar-refractivity contribution is 9.10. The molecule has 182 valence electrons. The van der Waals surface area contributed by atoms with Crippen LogP contribution in [-0.2, 0) is 0 Å². The molecule has 2 aromatic rings. The van der Waals surface area contributed by atoms with E-state index in [2.05, 4.69) is 106 Å². The van der Waals surface area contributed by atoms with E-state index >= 15 is 0 Å². The molecule has 1 heterocycles. The van der Waals surface area contributed by atoms with Gasteiger partial charge in [0, 0.05) is 14.5 Å². The monoisotopic (exact) mass is 654 g/mol. The third kappa shape index (κ3) is 6.77. The van der Waals surface area contributed by atoms with Gasteiger partial charge < -0.3 is 0 Å². The van der Waals surface area contributed by atoms with E-state index in [1.54, 1.807) is 0 Å². The minimum absolute atomic E-state index is 1.15. The molecule has 0 fully saturated rings. The maximum absolute atomic E-state index is 3.73. The third-order valence-corrected chi connectivity index (χ3v) is 12.7. The molecule has 0 radical (unpaired) electrons. The average Bonchev–Trinajstić information content (AvgIpc) is 3.36. The van der Waals surface area contributed by atoms with E-state index in [-0.39, 0.29) is 0 Å². The quantitative estimate of drug-likeness (QED) is 0.178. The van der Waals surface area contributed by atoms with Crippen molar-refractivity contribution in [3.8, 4) is 11.1 Å². The first-order chi connectivity index (χ1) is 16.6. The highest BCUT2D eigenvalue weighted by Crippen LogP contribution is 2.62. The van der Waals surface area contributed by atoms with Crippen LogP contribution in [0.4, 0.5) is 0 Å². The highest BCUT2D eigenvalue weighted by atomic mass is 79.9. The molecule has 0 aromatic heterocycles. The van der Waals surface area contributed by atoms with Gasteiger partial charge in [0.05, 0.1) is 12.7 Å². The Balaban J connectivity index is 1.61. The van der Waals surface area contributed by atoms with Crippen LogP contribution >= 0.6 is 78.9 Å². The number of rotatable bonds is 12. The predicted octanol–water partition coefficient (Wildman–Crippen LogP) is 12.1. The minimum atomic E-state index is 1.15. The molecule has 0 N–H and O–H groups in total. The maximum Gasteiger partial charge on any atom is 0.0660 e. The molecule has 0 spiro atoms. The largest absolute Gasteiger partial charge is 0.117 e. The first kappa shape index (κ1) is 27.3. The molecule has 0 saturated carbocycles. The summed E-state index contributed by atoms with van der Waals surface area (Å²) in [5.41, 5.74) is 6.83. The summed E-state index contributed by atoms with van der Waals surface area (Å²) in [6, 6.07) is 13.5. The summed E-state index contributed by atoms with van der Waals surface area (Å²) in [6.07, 6.45) is 10.7. The van der Waals surface area contributed by atoms with Gasteiger partial charge >= 0.3 is 0 Å². The van der Waals surface area contributed by atoms with E-state index in [0.717, 1.165) is 8.95 Å². The van der Waals surface area contributed by atoms with Crippen molar-refractivity contribution in [2.75, 3.05) is 11.5 Å². The minimum Gasteiger partial charge on any atom is -0.117 e. The SMILES string of the molecule is CCCCCCSC1=C(SCCCCCC)SC(=C2c3cc(Br)ccc3-c3ccc(Br)cc32)S1. The molecule has 2 aliphatic rings. The molecule has 0 unspecified atom stereocenters. The number of hydrogen-bond donors (Lipinski definition) is 0. The predicted molar refractivity (Wildman–Crippen MR) is 169 cm³/mol. The fourth-order valence-electron chi connectivity index (χ4n) is 4.22. The van der Waals surface area contributed by atoms with Gasteiger partial charge in [-0.1, -0.05) is 120 Å². The molecule has 0 bridgehead atoms. The number of fused-ring (bicyclic) bond motifs is 3. The van der Waals surface area contributed by atoms with Gasteiger partial charge in [0.25, 0.3) is 0 Å². The fraction of sp³-hybridized carbons (Fsp3) is 0.429.